The molecule has 1 aromatic heterocycles. The van der Waals surface area contributed by atoms with Crippen LogP contribution >= 0.6 is 0 Å². The van der Waals surface area contributed by atoms with Gasteiger partial charge < -0.3 is 9.63 Å². The minimum absolute atomic E-state index is 0.0435. The molecule has 0 spiro atoms. The van der Waals surface area contributed by atoms with Crippen LogP contribution in [0, 0.1) is 15.9 Å². The van der Waals surface area contributed by atoms with Crippen molar-refractivity contribution < 1.29 is 18.9 Å². The van der Waals surface area contributed by atoms with E-state index in [2.05, 4.69) is 10.1 Å². The van der Waals surface area contributed by atoms with E-state index >= 15 is 0 Å². The van der Waals surface area contributed by atoms with Gasteiger partial charge in [0.2, 0.25) is 5.82 Å². The maximum absolute atomic E-state index is 13.8. The molecule has 0 saturated heterocycles. The third kappa shape index (κ3) is 2.80. The van der Waals surface area contributed by atoms with Crippen LogP contribution in [0.1, 0.15) is 31.7 Å². The highest BCUT2D eigenvalue weighted by molar-refractivity contribution is 5.56. The summed E-state index contributed by atoms with van der Waals surface area (Å²) in [6, 6.07) is 3.11. The fraction of sp³-hybridized carbons (Fsp3) is 0.333. The Morgan fingerprint density at radius 1 is 1.55 bits per heavy atom. The molecule has 0 radical (unpaired) electrons. The van der Waals surface area contributed by atoms with Crippen LogP contribution in [0.25, 0.3) is 11.5 Å². The monoisotopic (exact) mass is 281 g/mol. The summed E-state index contributed by atoms with van der Waals surface area (Å²) in [7, 11) is 0. The van der Waals surface area contributed by atoms with Gasteiger partial charge in [0.25, 0.3) is 11.6 Å². The lowest BCUT2D eigenvalue weighted by Crippen LogP contribution is -1.99. The van der Waals surface area contributed by atoms with Gasteiger partial charge in [-0.15, -0.1) is 0 Å². The van der Waals surface area contributed by atoms with Gasteiger partial charge >= 0.3 is 0 Å². The van der Waals surface area contributed by atoms with Gasteiger partial charge in [0.1, 0.15) is 11.9 Å². The van der Waals surface area contributed by atoms with E-state index in [4.69, 9.17) is 4.52 Å². The van der Waals surface area contributed by atoms with E-state index in [1.165, 1.54) is 6.07 Å². The van der Waals surface area contributed by atoms with Crippen LogP contribution in [0.5, 0.6) is 0 Å². The molecule has 2 aromatic rings. The number of aliphatic hydroxyl groups is 1. The van der Waals surface area contributed by atoms with Gasteiger partial charge in [-0.05, 0) is 12.5 Å². The van der Waals surface area contributed by atoms with E-state index in [9.17, 15) is 19.6 Å². The summed E-state index contributed by atoms with van der Waals surface area (Å²) >= 11 is 0. The van der Waals surface area contributed by atoms with Crippen molar-refractivity contribution in [2.45, 2.75) is 25.9 Å². The van der Waals surface area contributed by atoms with E-state index in [1.54, 1.807) is 0 Å². The molecule has 0 aliphatic rings. The van der Waals surface area contributed by atoms with Gasteiger partial charge in [0, 0.05) is 6.07 Å². The predicted octanol–water partition coefficient (Wildman–Crippen LogP) is 2.62. The fourth-order valence-corrected chi connectivity index (χ4v) is 1.67. The second-order valence-corrected chi connectivity index (χ2v) is 4.18. The second kappa shape index (κ2) is 5.74. The number of benzene rings is 1. The normalized spacial score (nSPS) is 12.3. The highest BCUT2D eigenvalue weighted by atomic mass is 19.1. The summed E-state index contributed by atoms with van der Waals surface area (Å²) in [4.78, 5) is 13.7. The third-order valence-electron chi connectivity index (χ3n) is 2.70. The Labute approximate surface area is 113 Å². The number of nitro benzene ring substituents is 1. The third-order valence-corrected chi connectivity index (χ3v) is 2.70. The zero-order valence-electron chi connectivity index (χ0n) is 10.6. The van der Waals surface area contributed by atoms with Crippen molar-refractivity contribution in [2.24, 2.45) is 0 Å². The molecule has 0 saturated carbocycles. The maximum Gasteiger partial charge on any atom is 0.272 e. The van der Waals surface area contributed by atoms with E-state index < -0.39 is 16.8 Å². The Hall–Kier alpha value is -2.35. The summed E-state index contributed by atoms with van der Waals surface area (Å²) in [6.45, 7) is 1.89. The van der Waals surface area contributed by atoms with Crippen LogP contribution in [-0.2, 0) is 0 Å². The first kappa shape index (κ1) is 14.1. The van der Waals surface area contributed by atoms with Crippen LogP contribution in [0.4, 0.5) is 10.1 Å². The van der Waals surface area contributed by atoms with E-state index in [0.717, 1.165) is 18.6 Å². The quantitative estimate of drug-likeness (QED) is 0.667. The molecule has 0 fully saturated rings. The molecule has 1 unspecified atom stereocenters. The summed E-state index contributed by atoms with van der Waals surface area (Å²) in [5.74, 6) is -0.887. The van der Waals surface area contributed by atoms with Crippen LogP contribution in [0.2, 0.25) is 0 Å². The Bertz CT molecular complexity index is 629. The number of nitrogens with zero attached hydrogens (tertiary/aromatic N) is 3. The standard InChI is InChI=1S/C12H12FN3O4/c1-2-3-10(17)11-14-12(20-15-11)8-5-4-7(16(18)19)6-9(8)13/h4-6,10,17H,2-3H2,1H3. The summed E-state index contributed by atoms with van der Waals surface area (Å²) < 4.78 is 18.6. The first-order valence-electron chi connectivity index (χ1n) is 5.99. The minimum Gasteiger partial charge on any atom is -0.385 e. The lowest BCUT2D eigenvalue weighted by molar-refractivity contribution is -0.385. The van der Waals surface area contributed by atoms with Gasteiger partial charge in [-0.3, -0.25) is 10.1 Å². The Morgan fingerprint density at radius 2 is 2.30 bits per heavy atom. The molecule has 0 amide bonds. The van der Waals surface area contributed by atoms with Gasteiger partial charge in [-0.2, -0.15) is 4.98 Å². The van der Waals surface area contributed by atoms with Gasteiger partial charge in [0.05, 0.1) is 16.6 Å². The molecule has 2 rings (SSSR count). The van der Waals surface area contributed by atoms with Crippen molar-refractivity contribution in [3.05, 3.63) is 40.0 Å². The zero-order chi connectivity index (χ0) is 14.7. The Kier molecular flexibility index (Phi) is 4.04. The minimum atomic E-state index is -0.876. The molecule has 20 heavy (non-hydrogen) atoms. The number of hydrogen-bond acceptors (Lipinski definition) is 6. The summed E-state index contributed by atoms with van der Waals surface area (Å²) in [6.07, 6.45) is 0.317. The molecule has 1 atom stereocenters. The predicted molar refractivity (Wildman–Crippen MR) is 66.2 cm³/mol. The average molecular weight is 281 g/mol. The lowest BCUT2D eigenvalue weighted by Gasteiger charge is -2.01. The average Bonchev–Trinajstić information content (AvgIpc) is 2.88. The number of aromatic nitrogens is 2. The van der Waals surface area contributed by atoms with Crippen LogP contribution < -0.4 is 0 Å². The van der Waals surface area contributed by atoms with Gasteiger partial charge in [0.15, 0.2) is 0 Å². The molecule has 1 N–H and O–H groups in total. The fourth-order valence-electron chi connectivity index (χ4n) is 1.67. The molecule has 1 aromatic carbocycles. The number of halogens is 1. The molecule has 8 heteroatoms. The highest BCUT2D eigenvalue weighted by Crippen LogP contribution is 2.26. The Balaban J connectivity index is 2.30. The molecule has 1 heterocycles. The number of non-ortho nitro benzene ring substituents is 1. The summed E-state index contributed by atoms with van der Waals surface area (Å²) in [5, 5.41) is 23.8. The first-order chi connectivity index (χ1) is 9.52. The van der Waals surface area contributed by atoms with E-state index in [1.807, 2.05) is 6.92 Å². The maximum atomic E-state index is 13.8. The van der Waals surface area contributed by atoms with E-state index in [0.29, 0.717) is 6.42 Å². The lowest BCUT2D eigenvalue weighted by atomic mass is 10.2. The molecule has 0 aliphatic carbocycles. The molecule has 106 valence electrons. The van der Waals surface area contributed by atoms with Crippen LogP contribution in [0.15, 0.2) is 22.7 Å². The SMILES string of the molecule is CCCC(O)c1noc(-c2ccc([N+](=O)[O-])cc2F)n1. The molecule has 7 nitrogen and oxygen atoms in total. The smallest absolute Gasteiger partial charge is 0.272 e. The van der Waals surface area contributed by atoms with Gasteiger partial charge in [-0.25, -0.2) is 4.39 Å². The molecule has 0 bridgehead atoms. The number of nitro groups is 1. The van der Waals surface area contributed by atoms with Crippen molar-refractivity contribution in [1.82, 2.24) is 10.1 Å². The van der Waals surface area contributed by atoms with Crippen molar-refractivity contribution in [3.8, 4) is 11.5 Å². The second-order valence-electron chi connectivity index (χ2n) is 4.18. The molecular formula is C12H12FN3O4. The van der Waals surface area contributed by atoms with Crippen LogP contribution in [0.3, 0.4) is 0 Å². The number of aliphatic hydroxyl groups excluding tert-OH is 1. The van der Waals surface area contributed by atoms with Crippen molar-refractivity contribution in [1.29, 1.82) is 0 Å². The zero-order valence-corrected chi connectivity index (χ0v) is 10.6. The molecule has 0 aliphatic heterocycles. The molecular weight excluding hydrogens is 269 g/mol. The number of hydrogen-bond donors (Lipinski definition) is 1. The highest BCUT2D eigenvalue weighted by Gasteiger charge is 2.19. The Morgan fingerprint density at radius 3 is 2.90 bits per heavy atom. The van der Waals surface area contributed by atoms with Crippen molar-refractivity contribution in [3.63, 3.8) is 0 Å². The largest absolute Gasteiger partial charge is 0.385 e. The van der Waals surface area contributed by atoms with E-state index in [-0.39, 0.29) is 23.0 Å². The summed E-state index contributed by atoms with van der Waals surface area (Å²) in [5.41, 5.74) is -0.407. The topological polar surface area (TPSA) is 102 Å². The van der Waals surface area contributed by atoms with Gasteiger partial charge in [-0.1, -0.05) is 18.5 Å². The van der Waals surface area contributed by atoms with Crippen LogP contribution in [-0.4, -0.2) is 20.2 Å². The van der Waals surface area contributed by atoms with Crippen molar-refractivity contribution >= 4 is 5.69 Å². The first-order valence-corrected chi connectivity index (χ1v) is 5.99. The number of rotatable bonds is 5. The van der Waals surface area contributed by atoms with Crippen molar-refractivity contribution in [2.75, 3.05) is 0 Å².